The lowest BCUT2D eigenvalue weighted by Crippen LogP contribution is -2.46. The second kappa shape index (κ2) is 5.78. The van der Waals surface area contributed by atoms with Gasteiger partial charge in [0.05, 0.1) is 6.54 Å². The molecule has 0 saturated carbocycles. The molecule has 1 unspecified atom stereocenters. The molecule has 1 atom stereocenters. The molecular formula is C14H19N5O3. The van der Waals surface area contributed by atoms with Crippen molar-refractivity contribution in [1.29, 1.82) is 0 Å². The second-order valence-electron chi connectivity index (χ2n) is 5.77. The third-order valence-corrected chi connectivity index (χ3v) is 4.11. The molecule has 2 fully saturated rings. The number of hydrogen-bond donors (Lipinski definition) is 2. The maximum absolute atomic E-state index is 12.3. The highest BCUT2D eigenvalue weighted by atomic mass is 16.2. The molecule has 118 valence electrons. The van der Waals surface area contributed by atoms with Crippen LogP contribution in [-0.4, -0.2) is 63.8 Å². The van der Waals surface area contributed by atoms with Gasteiger partial charge in [-0.3, -0.25) is 14.5 Å². The van der Waals surface area contributed by atoms with E-state index >= 15 is 0 Å². The van der Waals surface area contributed by atoms with Crippen LogP contribution in [0.1, 0.15) is 30.3 Å². The predicted octanol–water partition coefficient (Wildman–Crippen LogP) is -0.0241. The monoisotopic (exact) mass is 305 g/mol. The molecule has 1 aromatic rings. The van der Waals surface area contributed by atoms with Crippen molar-refractivity contribution in [2.75, 3.05) is 26.2 Å². The molecule has 22 heavy (non-hydrogen) atoms. The van der Waals surface area contributed by atoms with Gasteiger partial charge in [0.15, 0.2) is 0 Å². The van der Waals surface area contributed by atoms with Gasteiger partial charge in [-0.25, -0.2) is 9.78 Å². The van der Waals surface area contributed by atoms with E-state index in [1.807, 2.05) is 6.92 Å². The Morgan fingerprint density at radius 2 is 2.27 bits per heavy atom. The van der Waals surface area contributed by atoms with E-state index in [-0.39, 0.29) is 30.8 Å². The number of aryl methyl sites for hydroxylation is 1. The normalized spacial score (nSPS) is 22.1. The van der Waals surface area contributed by atoms with Gasteiger partial charge in [-0.05, 0) is 19.8 Å². The van der Waals surface area contributed by atoms with Gasteiger partial charge in [0.1, 0.15) is 12.4 Å². The lowest BCUT2D eigenvalue weighted by molar-refractivity contribution is -0.137. The van der Waals surface area contributed by atoms with Crippen LogP contribution in [0.3, 0.4) is 0 Å². The smallest absolute Gasteiger partial charge is 0.325 e. The van der Waals surface area contributed by atoms with Gasteiger partial charge in [-0.1, -0.05) is 0 Å². The standard InChI is InChI=1S/C14H19N5O3/c1-9-5-15-13(17-9)10-3-2-4-18(7-10)12(21)8-19-11(20)6-16-14(19)22/h5,10H,2-4,6-8H2,1H3,(H,15,17)(H,16,22). The Balaban J connectivity index is 1.63. The van der Waals surface area contributed by atoms with Crippen molar-refractivity contribution < 1.29 is 14.4 Å². The highest BCUT2D eigenvalue weighted by Crippen LogP contribution is 2.25. The number of hydrogen-bond acceptors (Lipinski definition) is 4. The second-order valence-corrected chi connectivity index (χ2v) is 5.77. The van der Waals surface area contributed by atoms with Crippen LogP contribution in [0.2, 0.25) is 0 Å². The minimum Gasteiger partial charge on any atom is -0.346 e. The third kappa shape index (κ3) is 2.81. The summed E-state index contributed by atoms with van der Waals surface area (Å²) in [5.74, 6) is 0.520. The van der Waals surface area contributed by atoms with Gasteiger partial charge in [0.25, 0.3) is 5.91 Å². The van der Waals surface area contributed by atoms with Crippen LogP contribution in [0, 0.1) is 6.92 Å². The van der Waals surface area contributed by atoms with E-state index in [0.29, 0.717) is 13.1 Å². The zero-order valence-corrected chi connectivity index (χ0v) is 12.5. The average molecular weight is 305 g/mol. The van der Waals surface area contributed by atoms with E-state index in [9.17, 15) is 14.4 Å². The summed E-state index contributed by atoms with van der Waals surface area (Å²) in [5, 5.41) is 2.42. The first-order valence-electron chi connectivity index (χ1n) is 7.42. The number of carbonyl (C=O) groups is 3. The minimum atomic E-state index is -0.492. The lowest BCUT2D eigenvalue weighted by atomic mass is 9.97. The molecule has 0 radical (unpaired) electrons. The number of nitrogens with one attached hydrogen (secondary N) is 2. The Kier molecular flexibility index (Phi) is 3.82. The van der Waals surface area contributed by atoms with Crippen LogP contribution < -0.4 is 5.32 Å². The molecule has 2 N–H and O–H groups in total. The number of amides is 4. The van der Waals surface area contributed by atoms with Gasteiger partial charge in [0, 0.05) is 30.9 Å². The number of piperidine rings is 1. The Morgan fingerprint density at radius 3 is 2.91 bits per heavy atom. The highest BCUT2D eigenvalue weighted by molar-refractivity contribution is 6.04. The summed E-state index contributed by atoms with van der Waals surface area (Å²) in [6.07, 6.45) is 3.64. The van der Waals surface area contributed by atoms with Crippen molar-refractivity contribution >= 4 is 17.8 Å². The zero-order valence-electron chi connectivity index (χ0n) is 12.5. The van der Waals surface area contributed by atoms with Crippen molar-refractivity contribution in [2.45, 2.75) is 25.7 Å². The van der Waals surface area contributed by atoms with E-state index < -0.39 is 6.03 Å². The van der Waals surface area contributed by atoms with Crippen LogP contribution in [0.15, 0.2) is 6.20 Å². The average Bonchev–Trinajstić information content (AvgIpc) is 3.08. The van der Waals surface area contributed by atoms with Gasteiger partial charge < -0.3 is 15.2 Å². The van der Waals surface area contributed by atoms with Crippen molar-refractivity contribution in [3.8, 4) is 0 Å². The van der Waals surface area contributed by atoms with E-state index in [1.165, 1.54) is 0 Å². The van der Waals surface area contributed by atoms with Crippen LogP contribution >= 0.6 is 0 Å². The topological polar surface area (TPSA) is 98.4 Å². The molecule has 0 bridgehead atoms. The Labute approximate surface area is 127 Å². The number of aromatic amines is 1. The zero-order chi connectivity index (χ0) is 15.7. The fourth-order valence-corrected chi connectivity index (χ4v) is 2.92. The number of urea groups is 1. The van der Waals surface area contributed by atoms with Gasteiger partial charge >= 0.3 is 6.03 Å². The summed E-state index contributed by atoms with van der Waals surface area (Å²) in [4.78, 5) is 45.6. The summed E-state index contributed by atoms with van der Waals surface area (Å²) in [6, 6.07) is -0.492. The molecule has 8 nitrogen and oxygen atoms in total. The van der Waals surface area contributed by atoms with Crippen molar-refractivity contribution in [2.24, 2.45) is 0 Å². The Morgan fingerprint density at radius 1 is 1.45 bits per heavy atom. The highest BCUT2D eigenvalue weighted by Gasteiger charge is 2.33. The number of aromatic nitrogens is 2. The molecule has 3 rings (SSSR count). The Bertz CT molecular complexity index is 595. The number of imide groups is 1. The number of likely N-dealkylation sites (tertiary alicyclic amines) is 1. The first-order valence-corrected chi connectivity index (χ1v) is 7.42. The van der Waals surface area contributed by atoms with E-state index in [2.05, 4.69) is 15.3 Å². The van der Waals surface area contributed by atoms with E-state index in [0.717, 1.165) is 29.3 Å². The van der Waals surface area contributed by atoms with Gasteiger partial charge in [0.2, 0.25) is 5.91 Å². The minimum absolute atomic E-state index is 0.0274. The first-order chi connectivity index (χ1) is 10.5. The lowest BCUT2D eigenvalue weighted by Gasteiger charge is -2.32. The van der Waals surface area contributed by atoms with Crippen LogP contribution in [-0.2, 0) is 9.59 Å². The van der Waals surface area contributed by atoms with Crippen LogP contribution in [0.4, 0.5) is 4.79 Å². The molecule has 0 aromatic carbocycles. The van der Waals surface area contributed by atoms with E-state index in [4.69, 9.17) is 0 Å². The number of H-pyrrole nitrogens is 1. The van der Waals surface area contributed by atoms with Crippen LogP contribution in [0.5, 0.6) is 0 Å². The fraction of sp³-hybridized carbons (Fsp3) is 0.571. The van der Waals surface area contributed by atoms with Crippen molar-refractivity contribution in [1.82, 2.24) is 25.1 Å². The summed E-state index contributed by atoms with van der Waals surface area (Å²) < 4.78 is 0. The van der Waals surface area contributed by atoms with Crippen LogP contribution in [0.25, 0.3) is 0 Å². The number of carbonyl (C=O) groups excluding carboxylic acids is 3. The van der Waals surface area contributed by atoms with Gasteiger partial charge in [-0.2, -0.15) is 0 Å². The number of rotatable bonds is 3. The molecule has 2 saturated heterocycles. The number of nitrogens with zero attached hydrogens (tertiary/aromatic N) is 3. The number of imidazole rings is 1. The molecule has 0 aliphatic carbocycles. The molecule has 2 aliphatic rings. The largest absolute Gasteiger partial charge is 0.346 e. The van der Waals surface area contributed by atoms with Crippen molar-refractivity contribution in [3.05, 3.63) is 17.7 Å². The fourth-order valence-electron chi connectivity index (χ4n) is 2.92. The molecule has 1 aromatic heterocycles. The van der Waals surface area contributed by atoms with Gasteiger partial charge in [-0.15, -0.1) is 0 Å². The molecule has 3 heterocycles. The maximum atomic E-state index is 12.3. The maximum Gasteiger partial charge on any atom is 0.325 e. The quantitative estimate of drug-likeness (QED) is 0.766. The van der Waals surface area contributed by atoms with E-state index in [1.54, 1.807) is 11.1 Å². The molecule has 2 aliphatic heterocycles. The summed E-state index contributed by atoms with van der Waals surface area (Å²) in [5.41, 5.74) is 0.998. The van der Waals surface area contributed by atoms with Crippen molar-refractivity contribution in [3.63, 3.8) is 0 Å². The SMILES string of the molecule is Cc1cnc(C2CCCN(C(=O)CN3C(=O)CNC3=O)C2)[nH]1. The summed E-state index contributed by atoms with van der Waals surface area (Å²) >= 11 is 0. The summed E-state index contributed by atoms with van der Waals surface area (Å²) in [7, 11) is 0. The molecule has 8 heteroatoms. The summed E-state index contributed by atoms with van der Waals surface area (Å²) in [6.45, 7) is 2.95. The molecule has 0 spiro atoms. The predicted molar refractivity (Wildman–Crippen MR) is 77.0 cm³/mol. The molecule has 4 amide bonds. The first kappa shape index (κ1) is 14.6. The third-order valence-electron chi connectivity index (χ3n) is 4.11. The Hall–Kier alpha value is -2.38. The molecular weight excluding hydrogens is 286 g/mol.